The molecule has 0 radical (unpaired) electrons. The van der Waals surface area contributed by atoms with E-state index in [2.05, 4.69) is 37.2 Å². The summed E-state index contributed by atoms with van der Waals surface area (Å²) >= 11 is 0. The summed E-state index contributed by atoms with van der Waals surface area (Å²) in [6.07, 6.45) is 6.55. The highest BCUT2D eigenvalue weighted by Gasteiger charge is 2.20. The molecule has 0 unspecified atom stereocenters. The molecular weight excluding hydrogens is 449 g/mol. The van der Waals surface area contributed by atoms with E-state index in [0.29, 0.717) is 34.7 Å². The van der Waals surface area contributed by atoms with E-state index >= 15 is 0 Å². The molecule has 0 aliphatic carbocycles. The van der Waals surface area contributed by atoms with Gasteiger partial charge < -0.3 is 20.1 Å². The lowest BCUT2D eigenvalue weighted by Crippen LogP contribution is -2.35. The van der Waals surface area contributed by atoms with Crippen molar-refractivity contribution in [2.45, 2.75) is 38.4 Å². The monoisotopic (exact) mass is 477 g/mol. The number of nitrogens with zero attached hydrogens (tertiary/aromatic N) is 6. The minimum absolute atomic E-state index is 0.175. The number of hydrogen-bond acceptors (Lipinski definition) is 8. The maximum atomic E-state index is 14.6. The van der Waals surface area contributed by atoms with E-state index in [-0.39, 0.29) is 11.5 Å². The van der Waals surface area contributed by atoms with Gasteiger partial charge in [0.15, 0.2) is 11.5 Å². The molecule has 5 rings (SSSR count). The molecule has 5 heterocycles. The standard InChI is InChI=1S/C25H28FN7O2/c1-25(2,34)20-5-4-6-21(30-20)33-15-19(26)18-14-28-24(31-23(18)33)29-16-7-8-22(27-13-16)35-17-9-11-32(3)12-10-17/h4-8,13-15,17,34H,9-12H2,1-3H3,(H,28,29,31). The molecule has 1 aliphatic heterocycles. The summed E-state index contributed by atoms with van der Waals surface area (Å²) in [6, 6.07) is 8.88. The Kier molecular flexibility index (Phi) is 6.08. The van der Waals surface area contributed by atoms with Gasteiger partial charge in [0, 0.05) is 31.5 Å². The van der Waals surface area contributed by atoms with Gasteiger partial charge in [-0.15, -0.1) is 0 Å². The molecule has 9 nitrogen and oxygen atoms in total. The Hall–Kier alpha value is -3.63. The molecule has 2 N–H and O–H groups in total. The largest absolute Gasteiger partial charge is 0.474 e. The van der Waals surface area contributed by atoms with Crippen LogP contribution in [0.1, 0.15) is 32.4 Å². The maximum absolute atomic E-state index is 14.6. The molecule has 1 aliphatic rings. The van der Waals surface area contributed by atoms with Crippen molar-refractivity contribution >= 4 is 22.7 Å². The Morgan fingerprint density at radius 1 is 1.09 bits per heavy atom. The van der Waals surface area contributed by atoms with E-state index in [1.165, 1.54) is 12.4 Å². The van der Waals surface area contributed by atoms with Gasteiger partial charge in [-0.2, -0.15) is 4.98 Å². The Bertz CT molecular complexity index is 1330. The van der Waals surface area contributed by atoms with Crippen molar-refractivity contribution in [3.8, 4) is 11.7 Å². The van der Waals surface area contributed by atoms with Crippen LogP contribution in [0, 0.1) is 5.82 Å². The lowest BCUT2D eigenvalue weighted by molar-refractivity contribution is 0.0738. The van der Waals surface area contributed by atoms with Crippen LogP contribution in [-0.4, -0.2) is 60.8 Å². The van der Waals surface area contributed by atoms with Crippen LogP contribution >= 0.6 is 0 Å². The number of anilines is 2. The van der Waals surface area contributed by atoms with Crippen LogP contribution in [0.4, 0.5) is 16.0 Å². The van der Waals surface area contributed by atoms with Crippen molar-refractivity contribution in [3.05, 3.63) is 60.4 Å². The molecule has 182 valence electrons. The highest BCUT2D eigenvalue weighted by Crippen LogP contribution is 2.25. The van der Waals surface area contributed by atoms with Gasteiger partial charge >= 0.3 is 0 Å². The molecule has 0 atom stereocenters. The Labute approximate surface area is 202 Å². The second kappa shape index (κ2) is 9.20. The quantitative estimate of drug-likeness (QED) is 0.433. The van der Waals surface area contributed by atoms with E-state index in [1.54, 1.807) is 42.8 Å². The van der Waals surface area contributed by atoms with Gasteiger partial charge in [0.1, 0.15) is 17.5 Å². The molecule has 35 heavy (non-hydrogen) atoms. The average Bonchev–Trinajstić information content (AvgIpc) is 3.17. The van der Waals surface area contributed by atoms with E-state index in [9.17, 15) is 9.50 Å². The molecule has 0 spiro atoms. The van der Waals surface area contributed by atoms with E-state index < -0.39 is 11.4 Å². The van der Waals surface area contributed by atoms with E-state index in [4.69, 9.17) is 4.74 Å². The molecule has 4 aromatic heterocycles. The van der Waals surface area contributed by atoms with Gasteiger partial charge in [-0.05, 0) is 51.9 Å². The number of likely N-dealkylation sites (tertiary alicyclic amines) is 1. The average molecular weight is 478 g/mol. The third kappa shape index (κ3) is 5.08. The highest BCUT2D eigenvalue weighted by molar-refractivity contribution is 5.79. The first-order valence-electron chi connectivity index (χ1n) is 11.6. The van der Waals surface area contributed by atoms with Crippen LogP contribution in [0.25, 0.3) is 16.9 Å². The van der Waals surface area contributed by atoms with Crippen molar-refractivity contribution in [3.63, 3.8) is 0 Å². The van der Waals surface area contributed by atoms with Gasteiger partial charge in [0.2, 0.25) is 11.8 Å². The molecule has 1 fully saturated rings. The van der Waals surface area contributed by atoms with Gasteiger partial charge in [-0.3, -0.25) is 4.57 Å². The van der Waals surface area contributed by atoms with E-state index in [1.807, 2.05) is 12.1 Å². The third-order valence-corrected chi connectivity index (χ3v) is 6.05. The number of fused-ring (bicyclic) bond motifs is 1. The second-order valence-corrected chi connectivity index (χ2v) is 9.35. The summed E-state index contributed by atoms with van der Waals surface area (Å²) in [4.78, 5) is 20.0. The smallest absolute Gasteiger partial charge is 0.229 e. The fourth-order valence-corrected chi connectivity index (χ4v) is 4.03. The Morgan fingerprint density at radius 3 is 2.60 bits per heavy atom. The van der Waals surface area contributed by atoms with Crippen LogP contribution in [0.3, 0.4) is 0 Å². The molecule has 0 bridgehead atoms. The fraction of sp³-hybridized carbons (Fsp3) is 0.360. The number of nitrogens with one attached hydrogen (secondary N) is 1. The van der Waals surface area contributed by atoms with Gasteiger partial charge in [-0.1, -0.05) is 6.07 Å². The van der Waals surface area contributed by atoms with E-state index in [0.717, 1.165) is 25.9 Å². The molecule has 1 saturated heterocycles. The molecule has 0 aromatic carbocycles. The molecular formula is C25H28FN7O2. The first-order valence-corrected chi connectivity index (χ1v) is 11.6. The first kappa shape index (κ1) is 23.1. The lowest BCUT2D eigenvalue weighted by atomic mass is 10.1. The lowest BCUT2D eigenvalue weighted by Gasteiger charge is -2.28. The minimum atomic E-state index is -1.13. The van der Waals surface area contributed by atoms with Crippen molar-refractivity contribution in [1.29, 1.82) is 0 Å². The number of ether oxygens (including phenoxy) is 1. The number of halogens is 1. The van der Waals surface area contributed by atoms with Gasteiger partial charge in [0.25, 0.3) is 0 Å². The predicted octanol–water partition coefficient (Wildman–Crippen LogP) is 3.79. The predicted molar refractivity (Wildman–Crippen MR) is 131 cm³/mol. The number of aromatic nitrogens is 5. The zero-order chi connectivity index (χ0) is 24.6. The summed E-state index contributed by atoms with van der Waals surface area (Å²) in [5, 5.41) is 13.7. The van der Waals surface area contributed by atoms with Gasteiger partial charge in [0.05, 0.1) is 23.0 Å². The zero-order valence-electron chi connectivity index (χ0n) is 19.9. The van der Waals surface area contributed by atoms with Gasteiger partial charge in [-0.25, -0.2) is 19.3 Å². The Morgan fingerprint density at radius 2 is 1.89 bits per heavy atom. The molecule has 4 aromatic rings. The normalized spacial score (nSPS) is 15.5. The van der Waals surface area contributed by atoms with Crippen molar-refractivity contribution in [2.24, 2.45) is 0 Å². The van der Waals surface area contributed by atoms with Crippen LogP contribution in [-0.2, 0) is 5.60 Å². The van der Waals surface area contributed by atoms with Crippen molar-refractivity contribution in [2.75, 3.05) is 25.5 Å². The number of rotatable bonds is 6. The summed E-state index contributed by atoms with van der Waals surface area (Å²) < 4.78 is 22.2. The number of hydrogen-bond donors (Lipinski definition) is 2. The summed E-state index contributed by atoms with van der Waals surface area (Å²) in [5.41, 5.74) is 0.379. The number of piperidine rings is 1. The van der Waals surface area contributed by atoms with Crippen molar-refractivity contribution < 1.29 is 14.2 Å². The SMILES string of the molecule is CN1CCC(Oc2ccc(Nc3ncc4c(F)cn(-c5cccc(C(C)(C)O)n5)c4n3)cn2)CC1. The van der Waals surface area contributed by atoms with Crippen LogP contribution in [0.15, 0.2) is 48.9 Å². The highest BCUT2D eigenvalue weighted by atomic mass is 19.1. The van der Waals surface area contributed by atoms with Crippen molar-refractivity contribution in [1.82, 2.24) is 29.4 Å². The zero-order valence-corrected chi connectivity index (χ0v) is 19.9. The summed E-state index contributed by atoms with van der Waals surface area (Å²) in [6.45, 7) is 5.33. The minimum Gasteiger partial charge on any atom is -0.474 e. The topological polar surface area (TPSA) is 101 Å². The fourth-order valence-electron chi connectivity index (χ4n) is 4.03. The number of aliphatic hydroxyl groups is 1. The first-order chi connectivity index (χ1) is 16.8. The molecule has 0 saturated carbocycles. The van der Waals surface area contributed by atoms with Crippen LogP contribution in [0.2, 0.25) is 0 Å². The molecule has 10 heteroatoms. The third-order valence-electron chi connectivity index (χ3n) is 6.05. The van der Waals surface area contributed by atoms with Crippen LogP contribution in [0.5, 0.6) is 5.88 Å². The Balaban J connectivity index is 1.36. The summed E-state index contributed by atoms with van der Waals surface area (Å²) in [7, 11) is 2.11. The maximum Gasteiger partial charge on any atom is 0.229 e. The summed E-state index contributed by atoms with van der Waals surface area (Å²) in [5.74, 6) is 0.857. The number of pyridine rings is 2. The second-order valence-electron chi connectivity index (χ2n) is 9.35. The van der Waals surface area contributed by atoms with Crippen LogP contribution < -0.4 is 10.1 Å². The molecule has 0 amide bonds.